The number of phosphoric ester groups is 1. The monoisotopic (exact) mass is 376 g/mol. The van der Waals surface area contributed by atoms with Crippen LogP contribution in [0.3, 0.4) is 0 Å². The number of aliphatic hydroxyl groups is 1. The van der Waals surface area contributed by atoms with E-state index < -0.39 is 7.82 Å². The third-order valence-electron chi connectivity index (χ3n) is 2.44. The van der Waals surface area contributed by atoms with Gasteiger partial charge in [-0.25, -0.2) is 4.57 Å². The van der Waals surface area contributed by atoms with Crippen molar-refractivity contribution in [2.75, 3.05) is 86.4 Å². The molecule has 24 heavy (non-hydrogen) atoms. The molecule has 0 saturated carbocycles. The van der Waals surface area contributed by atoms with Crippen LogP contribution in [0.2, 0.25) is 0 Å². The van der Waals surface area contributed by atoms with Crippen LogP contribution in [-0.4, -0.2) is 96.4 Å². The van der Waals surface area contributed by atoms with Gasteiger partial charge in [-0.3, -0.25) is 9.05 Å². The van der Waals surface area contributed by atoms with Gasteiger partial charge in [0, 0.05) is 7.11 Å². The largest absolute Gasteiger partial charge is 0.471 e. The van der Waals surface area contributed by atoms with Gasteiger partial charge in [0.2, 0.25) is 0 Å². The highest BCUT2D eigenvalue weighted by atomic mass is 31.2. The lowest BCUT2D eigenvalue weighted by Gasteiger charge is -2.09. The lowest BCUT2D eigenvalue weighted by atomic mass is 10.7. The van der Waals surface area contributed by atoms with Crippen molar-refractivity contribution >= 4 is 7.82 Å². The minimum Gasteiger partial charge on any atom is -0.394 e. The number of rotatable bonds is 19. The summed E-state index contributed by atoms with van der Waals surface area (Å²) in [5, 5.41) is 8.49. The molecule has 0 bridgehead atoms. The molecule has 0 aliphatic carbocycles. The molecule has 0 aliphatic rings. The van der Waals surface area contributed by atoms with Gasteiger partial charge in [0.1, 0.15) is 0 Å². The zero-order valence-corrected chi connectivity index (χ0v) is 15.0. The first-order valence-corrected chi connectivity index (χ1v) is 9.14. The van der Waals surface area contributed by atoms with Crippen LogP contribution < -0.4 is 0 Å². The van der Waals surface area contributed by atoms with Crippen molar-refractivity contribution in [3.05, 3.63) is 0 Å². The fraction of sp³-hybridized carbons (Fsp3) is 1.00. The predicted octanol–water partition coefficient (Wildman–Crippen LogP) is -0.175. The van der Waals surface area contributed by atoms with Crippen molar-refractivity contribution < 1.29 is 47.3 Å². The summed E-state index contributed by atoms with van der Waals surface area (Å²) in [6.07, 6.45) is 0. The minimum absolute atomic E-state index is 0.0144. The van der Waals surface area contributed by atoms with Crippen molar-refractivity contribution in [3.8, 4) is 0 Å². The molecular formula is C13H29O10P. The van der Waals surface area contributed by atoms with Crippen LogP contribution in [0.15, 0.2) is 0 Å². The summed E-state index contributed by atoms with van der Waals surface area (Å²) in [6, 6.07) is 0. The maximum Gasteiger partial charge on any atom is 0.471 e. The third-order valence-corrected chi connectivity index (χ3v) is 3.41. The molecule has 11 heteroatoms. The van der Waals surface area contributed by atoms with Crippen LogP contribution in [0.1, 0.15) is 0 Å². The van der Waals surface area contributed by atoms with Gasteiger partial charge >= 0.3 is 7.82 Å². The van der Waals surface area contributed by atoms with Crippen molar-refractivity contribution in [1.82, 2.24) is 0 Å². The number of aliphatic hydroxyl groups excluding tert-OH is 1. The molecule has 0 aromatic carbocycles. The molecule has 1 atom stereocenters. The highest BCUT2D eigenvalue weighted by Crippen LogP contribution is 2.41. The number of hydrogen-bond donors (Lipinski definition) is 2. The average molecular weight is 376 g/mol. The van der Waals surface area contributed by atoms with Crippen molar-refractivity contribution in [2.24, 2.45) is 0 Å². The molecule has 10 nitrogen and oxygen atoms in total. The summed E-state index contributed by atoms with van der Waals surface area (Å²) in [6.45, 7) is 3.98. The fourth-order valence-electron chi connectivity index (χ4n) is 1.31. The summed E-state index contributed by atoms with van der Waals surface area (Å²) >= 11 is 0. The van der Waals surface area contributed by atoms with Crippen LogP contribution in [-0.2, 0) is 37.3 Å². The van der Waals surface area contributed by atoms with Gasteiger partial charge in [-0.15, -0.1) is 0 Å². The van der Waals surface area contributed by atoms with Crippen molar-refractivity contribution in [3.63, 3.8) is 0 Å². The Labute approximate surface area is 142 Å². The Bertz CT molecular complexity index is 304. The second-order valence-corrected chi connectivity index (χ2v) is 5.83. The highest BCUT2D eigenvalue weighted by Gasteiger charge is 2.17. The van der Waals surface area contributed by atoms with E-state index in [9.17, 15) is 4.57 Å². The molecule has 0 amide bonds. The molecule has 0 fully saturated rings. The lowest BCUT2D eigenvalue weighted by molar-refractivity contribution is -0.0152. The Morgan fingerprint density at radius 2 is 1.00 bits per heavy atom. The smallest absolute Gasteiger partial charge is 0.394 e. The predicted molar refractivity (Wildman–Crippen MR) is 84.0 cm³/mol. The van der Waals surface area contributed by atoms with E-state index in [2.05, 4.69) is 9.05 Å². The molecule has 0 heterocycles. The first-order valence-electron chi connectivity index (χ1n) is 7.65. The van der Waals surface area contributed by atoms with Gasteiger partial charge in [0.15, 0.2) is 0 Å². The Balaban J connectivity index is 3.06. The van der Waals surface area contributed by atoms with Crippen LogP contribution in [0, 0.1) is 0 Å². The Kier molecular flexibility index (Phi) is 17.6. The van der Waals surface area contributed by atoms with Gasteiger partial charge in [-0.05, 0) is 0 Å². The molecule has 0 aromatic rings. The van der Waals surface area contributed by atoms with Crippen LogP contribution in [0.4, 0.5) is 0 Å². The molecule has 0 radical (unpaired) electrons. The highest BCUT2D eigenvalue weighted by molar-refractivity contribution is 7.47. The van der Waals surface area contributed by atoms with E-state index in [0.29, 0.717) is 59.5 Å². The maximum absolute atomic E-state index is 10.9. The molecule has 0 aliphatic heterocycles. The van der Waals surface area contributed by atoms with E-state index in [-0.39, 0.29) is 19.8 Å². The quantitative estimate of drug-likeness (QED) is 0.232. The van der Waals surface area contributed by atoms with Gasteiger partial charge in [0.25, 0.3) is 0 Å². The van der Waals surface area contributed by atoms with E-state index in [4.69, 9.17) is 33.7 Å². The van der Waals surface area contributed by atoms with E-state index in [1.807, 2.05) is 0 Å². The zero-order chi connectivity index (χ0) is 17.9. The van der Waals surface area contributed by atoms with Crippen LogP contribution >= 0.6 is 7.82 Å². The average Bonchev–Trinajstić information content (AvgIpc) is 2.57. The molecule has 0 rings (SSSR count). The van der Waals surface area contributed by atoms with Crippen LogP contribution in [0.25, 0.3) is 0 Å². The molecule has 0 saturated heterocycles. The summed E-state index contributed by atoms with van der Waals surface area (Å²) in [7, 11) is -2.82. The first-order chi connectivity index (χ1) is 11.6. The molecule has 2 N–H and O–H groups in total. The fourth-order valence-corrected chi connectivity index (χ4v) is 1.72. The topological polar surface area (TPSA) is 122 Å². The van der Waals surface area contributed by atoms with Gasteiger partial charge in [0.05, 0.1) is 79.3 Å². The van der Waals surface area contributed by atoms with E-state index in [1.54, 1.807) is 0 Å². The van der Waals surface area contributed by atoms with E-state index in [1.165, 1.54) is 0 Å². The minimum atomic E-state index is -3.92. The Morgan fingerprint density at radius 3 is 1.33 bits per heavy atom. The summed E-state index contributed by atoms with van der Waals surface area (Å²) in [5.41, 5.74) is 0. The zero-order valence-electron chi connectivity index (χ0n) is 14.1. The van der Waals surface area contributed by atoms with Gasteiger partial charge in [-0.1, -0.05) is 0 Å². The van der Waals surface area contributed by atoms with E-state index >= 15 is 0 Å². The standard InChI is InChI=1S/C13H29O10P/c1-17-24(15,16)23-13-12-22-11-10-21-9-8-20-7-6-19-5-4-18-3-2-14/h14H,2-13H2,1H3,(H,15,16). The molecule has 146 valence electrons. The second-order valence-electron chi connectivity index (χ2n) is 4.27. The van der Waals surface area contributed by atoms with Gasteiger partial charge < -0.3 is 33.7 Å². The maximum atomic E-state index is 10.9. The number of ether oxygens (including phenoxy) is 5. The second kappa shape index (κ2) is 17.7. The summed E-state index contributed by atoms with van der Waals surface area (Å²) in [4.78, 5) is 8.94. The van der Waals surface area contributed by atoms with Gasteiger partial charge in [-0.2, -0.15) is 0 Å². The SMILES string of the molecule is COP(=O)(O)OCCOCCOCCOCCOCCOCCO. The number of phosphoric acid groups is 1. The number of hydrogen-bond acceptors (Lipinski definition) is 9. The van der Waals surface area contributed by atoms with Crippen molar-refractivity contribution in [2.45, 2.75) is 0 Å². The first kappa shape index (κ1) is 23.9. The molecule has 1 unspecified atom stereocenters. The normalized spacial score (nSPS) is 14.0. The summed E-state index contributed by atoms with van der Waals surface area (Å²) < 4.78 is 45.7. The molecular weight excluding hydrogens is 347 g/mol. The Morgan fingerprint density at radius 1 is 0.667 bits per heavy atom. The molecule has 0 aromatic heterocycles. The van der Waals surface area contributed by atoms with Crippen molar-refractivity contribution in [1.29, 1.82) is 0 Å². The summed E-state index contributed by atoms with van der Waals surface area (Å²) in [5.74, 6) is 0. The third kappa shape index (κ3) is 18.2. The lowest BCUT2D eigenvalue weighted by Crippen LogP contribution is -2.14. The van der Waals surface area contributed by atoms with E-state index in [0.717, 1.165) is 7.11 Å². The Hall–Kier alpha value is -0.130. The van der Waals surface area contributed by atoms with Crippen LogP contribution in [0.5, 0.6) is 0 Å². The molecule has 0 spiro atoms.